The molecular weight excluding hydrogens is 252 g/mol. The summed E-state index contributed by atoms with van der Waals surface area (Å²) in [5, 5.41) is 8.48. The van der Waals surface area contributed by atoms with E-state index in [1.807, 2.05) is 20.8 Å². The van der Waals surface area contributed by atoms with Gasteiger partial charge in [0.2, 0.25) is 0 Å². The van der Waals surface area contributed by atoms with Crippen LogP contribution in [0.2, 0.25) is 0 Å². The van der Waals surface area contributed by atoms with Gasteiger partial charge in [-0.05, 0) is 44.5 Å². The minimum absolute atomic E-state index is 0.0330. The van der Waals surface area contributed by atoms with E-state index < -0.39 is 17.6 Å². The van der Waals surface area contributed by atoms with Gasteiger partial charge in [-0.3, -0.25) is 0 Å². The molecule has 0 saturated carbocycles. The Hall–Kier alpha value is -1.91. The third-order valence-corrected chi connectivity index (χ3v) is 2.71. The molecule has 1 N–H and O–H groups in total. The molecule has 0 aliphatic carbocycles. The van der Waals surface area contributed by atoms with Crippen LogP contribution in [0.5, 0.6) is 0 Å². The van der Waals surface area contributed by atoms with Crippen molar-refractivity contribution in [1.82, 2.24) is 0 Å². The molecule has 0 aliphatic heterocycles. The number of carboxylic acid groups (broad SMARTS) is 1. The van der Waals surface area contributed by atoms with Crippen LogP contribution in [-0.4, -0.2) is 23.7 Å². The number of nitrogens with zero attached hydrogens (tertiary/aromatic N) is 1. The zero-order chi connectivity index (χ0) is 14.6. The first-order chi connectivity index (χ1) is 8.86. The highest BCUT2D eigenvalue weighted by atomic mass is 19.1. The Morgan fingerprint density at radius 2 is 1.89 bits per heavy atom. The fourth-order valence-electron chi connectivity index (χ4n) is 1.90. The van der Waals surface area contributed by atoms with Gasteiger partial charge in [-0.2, -0.15) is 0 Å². The van der Waals surface area contributed by atoms with E-state index >= 15 is 0 Å². The van der Waals surface area contributed by atoms with E-state index in [9.17, 15) is 13.6 Å². The van der Waals surface area contributed by atoms with E-state index in [2.05, 4.69) is 0 Å². The van der Waals surface area contributed by atoms with Crippen molar-refractivity contribution < 1.29 is 18.7 Å². The quantitative estimate of drug-likeness (QED) is 0.834. The summed E-state index contributed by atoms with van der Waals surface area (Å²) in [7, 11) is 0. The second-order valence-electron chi connectivity index (χ2n) is 4.38. The zero-order valence-corrected chi connectivity index (χ0v) is 11.2. The maximum Gasteiger partial charge on any atom is 0.328 e. The van der Waals surface area contributed by atoms with Gasteiger partial charge in [-0.1, -0.05) is 0 Å². The van der Waals surface area contributed by atoms with Gasteiger partial charge in [0.15, 0.2) is 0 Å². The van der Waals surface area contributed by atoms with Crippen LogP contribution < -0.4 is 4.90 Å². The summed E-state index contributed by atoms with van der Waals surface area (Å²) in [5.41, 5.74) is 0.103. The second kappa shape index (κ2) is 6.31. The normalized spacial score (nSPS) is 11.3. The van der Waals surface area contributed by atoms with Crippen LogP contribution >= 0.6 is 0 Å². The van der Waals surface area contributed by atoms with Gasteiger partial charge in [0.05, 0.1) is 0 Å². The standard InChI is InChI=1S/C14H17F2NO2/c1-4-17(9(2)3)14-11(15)7-10(8-12(14)16)5-6-13(18)19/h5-9H,4H2,1-3H3,(H,18,19). The molecule has 3 nitrogen and oxygen atoms in total. The van der Waals surface area contributed by atoms with Crippen LogP contribution in [0.4, 0.5) is 14.5 Å². The van der Waals surface area contributed by atoms with Crippen molar-refractivity contribution >= 4 is 17.7 Å². The van der Waals surface area contributed by atoms with Crippen LogP contribution in [0.3, 0.4) is 0 Å². The molecule has 19 heavy (non-hydrogen) atoms. The Morgan fingerprint density at radius 3 is 2.26 bits per heavy atom. The highest BCUT2D eigenvalue weighted by Gasteiger charge is 2.18. The van der Waals surface area contributed by atoms with E-state index in [-0.39, 0.29) is 17.3 Å². The minimum atomic E-state index is -1.16. The first-order valence-electron chi connectivity index (χ1n) is 6.03. The molecule has 0 aliphatic rings. The maximum absolute atomic E-state index is 14.0. The predicted octanol–water partition coefficient (Wildman–Crippen LogP) is 3.30. The van der Waals surface area contributed by atoms with Crippen molar-refractivity contribution in [2.75, 3.05) is 11.4 Å². The lowest BCUT2D eigenvalue weighted by Gasteiger charge is -2.28. The molecule has 0 atom stereocenters. The van der Waals surface area contributed by atoms with E-state index in [1.165, 1.54) is 0 Å². The average molecular weight is 269 g/mol. The molecule has 1 aromatic carbocycles. The van der Waals surface area contributed by atoms with Crippen LogP contribution in [0.15, 0.2) is 18.2 Å². The maximum atomic E-state index is 14.0. The van der Waals surface area contributed by atoms with E-state index in [1.54, 1.807) is 4.90 Å². The summed E-state index contributed by atoms with van der Waals surface area (Å²) >= 11 is 0. The van der Waals surface area contributed by atoms with Gasteiger partial charge in [0.25, 0.3) is 0 Å². The van der Waals surface area contributed by atoms with Crippen LogP contribution in [0.25, 0.3) is 6.08 Å². The summed E-state index contributed by atoms with van der Waals surface area (Å²) in [6.45, 7) is 5.99. The Kier molecular flexibility index (Phi) is 5.03. The molecule has 0 fully saturated rings. The zero-order valence-electron chi connectivity index (χ0n) is 11.2. The number of carbonyl (C=O) groups is 1. The highest BCUT2D eigenvalue weighted by molar-refractivity contribution is 5.85. The molecule has 0 saturated heterocycles. The van der Waals surface area contributed by atoms with Gasteiger partial charge in [-0.25, -0.2) is 13.6 Å². The lowest BCUT2D eigenvalue weighted by molar-refractivity contribution is -0.131. The molecule has 0 spiro atoms. The average Bonchev–Trinajstić information content (AvgIpc) is 2.30. The lowest BCUT2D eigenvalue weighted by atomic mass is 10.1. The summed E-state index contributed by atoms with van der Waals surface area (Å²) in [6.07, 6.45) is 2.00. The largest absolute Gasteiger partial charge is 0.478 e. The Bertz CT molecular complexity index is 475. The molecule has 1 aromatic rings. The van der Waals surface area contributed by atoms with Crippen LogP contribution in [0.1, 0.15) is 26.3 Å². The van der Waals surface area contributed by atoms with E-state index in [4.69, 9.17) is 5.11 Å². The molecule has 0 bridgehead atoms. The van der Waals surface area contributed by atoms with Crippen LogP contribution in [0, 0.1) is 11.6 Å². The number of rotatable bonds is 5. The molecule has 0 heterocycles. The van der Waals surface area contributed by atoms with Gasteiger partial charge < -0.3 is 10.0 Å². The minimum Gasteiger partial charge on any atom is -0.478 e. The summed E-state index contributed by atoms with van der Waals surface area (Å²) in [5.74, 6) is -2.55. The fraction of sp³-hybridized carbons (Fsp3) is 0.357. The number of carboxylic acids is 1. The van der Waals surface area contributed by atoms with Gasteiger partial charge >= 0.3 is 5.97 Å². The van der Waals surface area contributed by atoms with E-state index in [0.717, 1.165) is 24.3 Å². The predicted molar refractivity (Wildman–Crippen MR) is 71.2 cm³/mol. The molecule has 0 aromatic heterocycles. The second-order valence-corrected chi connectivity index (χ2v) is 4.38. The third kappa shape index (κ3) is 3.77. The molecule has 0 amide bonds. The van der Waals surface area contributed by atoms with Crippen molar-refractivity contribution in [3.63, 3.8) is 0 Å². The Labute approximate surface area is 111 Å². The molecule has 0 radical (unpaired) electrons. The number of hydrogen-bond donors (Lipinski definition) is 1. The number of hydrogen-bond acceptors (Lipinski definition) is 2. The molecule has 0 unspecified atom stereocenters. The first-order valence-corrected chi connectivity index (χ1v) is 6.03. The van der Waals surface area contributed by atoms with Crippen molar-refractivity contribution in [1.29, 1.82) is 0 Å². The summed E-state index contributed by atoms with van der Waals surface area (Å²) in [6, 6.07) is 2.22. The fourth-order valence-corrected chi connectivity index (χ4v) is 1.90. The van der Waals surface area contributed by atoms with Gasteiger partial charge in [0, 0.05) is 18.7 Å². The Morgan fingerprint density at radius 1 is 1.37 bits per heavy atom. The van der Waals surface area contributed by atoms with Crippen molar-refractivity contribution in [2.24, 2.45) is 0 Å². The molecule has 5 heteroatoms. The van der Waals surface area contributed by atoms with Crippen LogP contribution in [-0.2, 0) is 4.79 Å². The van der Waals surface area contributed by atoms with Gasteiger partial charge in [-0.15, -0.1) is 0 Å². The van der Waals surface area contributed by atoms with Crippen molar-refractivity contribution in [3.05, 3.63) is 35.4 Å². The molecule has 104 valence electrons. The van der Waals surface area contributed by atoms with Crippen molar-refractivity contribution in [2.45, 2.75) is 26.8 Å². The SMILES string of the molecule is CCN(c1c(F)cc(C=CC(=O)O)cc1F)C(C)C. The Balaban J connectivity index is 3.20. The smallest absolute Gasteiger partial charge is 0.328 e. The third-order valence-electron chi connectivity index (χ3n) is 2.71. The molecular formula is C14H17F2NO2. The highest BCUT2D eigenvalue weighted by Crippen LogP contribution is 2.27. The lowest BCUT2D eigenvalue weighted by Crippen LogP contribution is -2.32. The van der Waals surface area contributed by atoms with Crippen molar-refractivity contribution in [3.8, 4) is 0 Å². The monoisotopic (exact) mass is 269 g/mol. The topological polar surface area (TPSA) is 40.5 Å². The number of anilines is 1. The molecule has 1 rings (SSSR count). The summed E-state index contributed by atoms with van der Waals surface area (Å²) < 4.78 is 27.9. The first kappa shape index (κ1) is 15.1. The number of aliphatic carboxylic acids is 1. The summed E-state index contributed by atoms with van der Waals surface area (Å²) in [4.78, 5) is 12.0. The van der Waals surface area contributed by atoms with E-state index in [0.29, 0.717) is 6.54 Å². The van der Waals surface area contributed by atoms with Gasteiger partial charge in [0.1, 0.15) is 17.3 Å². The number of halogens is 2. The number of benzene rings is 1.